The number of carbonyl (C=O) groups is 1. The highest BCUT2D eigenvalue weighted by atomic mass is 16.5. The molecule has 0 atom stereocenters. The van der Waals surface area contributed by atoms with Crippen LogP contribution >= 0.6 is 0 Å². The van der Waals surface area contributed by atoms with Crippen molar-refractivity contribution in [2.75, 3.05) is 32.1 Å². The van der Waals surface area contributed by atoms with Gasteiger partial charge in [-0.15, -0.1) is 0 Å². The van der Waals surface area contributed by atoms with E-state index in [9.17, 15) is 4.79 Å². The van der Waals surface area contributed by atoms with E-state index in [1.807, 2.05) is 24.4 Å². The highest BCUT2D eigenvalue weighted by molar-refractivity contribution is 5.93. The maximum Gasteiger partial charge on any atom is 0.254 e. The molecule has 0 spiro atoms. The number of amides is 1. The van der Waals surface area contributed by atoms with Gasteiger partial charge in [0.15, 0.2) is 0 Å². The molecule has 0 bridgehead atoms. The fraction of sp³-hybridized carbons (Fsp3) is 0.278. The second-order valence-corrected chi connectivity index (χ2v) is 5.58. The molecule has 2 heterocycles. The van der Waals surface area contributed by atoms with Crippen molar-refractivity contribution in [1.82, 2.24) is 20.3 Å². The number of rotatable bonds is 8. The third kappa shape index (κ3) is 4.33. The van der Waals surface area contributed by atoms with Crippen molar-refractivity contribution in [3.63, 3.8) is 0 Å². The van der Waals surface area contributed by atoms with E-state index in [2.05, 4.69) is 31.7 Å². The third-order valence-electron chi connectivity index (χ3n) is 3.86. The van der Waals surface area contributed by atoms with Crippen LogP contribution in [0.2, 0.25) is 0 Å². The lowest BCUT2D eigenvalue weighted by atomic mass is 10.1. The minimum atomic E-state index is -0.178. The van der Waals surface area contributed by atoms with Crippen molar-refractivity contribution in [3.8, 4) is 0 Å². The summed E-state index contributed by atoms with van der Waals surface area (Å²) >= 11 is 0. The van der Waals surface area contributed by atoms with E-state index < -0.39 is 0 Å². The van der Waals surface area contributed by atoms with Gasteiger partial charge in [-0.2, -0.15) is 0 Å². The molecule has 0 unspecified atom stereocenters. The number of nitrogens with zero attached hydrogens (tertiary/aromatic N) is 2. The van der Waals surface area contributed by atoms with E-state index in [0.717, 1.165) is 11.9 Å². The molecule has 3 rings (SSSR count). The van der Waals surface area contributed by atoms with Crippen LogP contribution in [0.3, 0.4) is 0 Å². The molecule has 0 aliphatic rings. The first-order valence-corrected chi connectivity index (χ1v) is 8.16. The number of carbonyl (C=O) groups excluding carboxylic acids is 1. The van der Waals surface area contributed by atoms with Gasteiger partial charge in [-0.3, -0.25) is 4.79 Å². The van der Waals surface area contributed by atoms with Gasteiger partial charge in [-0.05, 0) is 18.1 Å². The Morgan fingerprint density at radius 1 is 1.20 bits per heavy atom. The lowest BCUT2D eigenvalue weighted by molar-refractivity contribution is 0.0953. The number of hydrogen-bond donors (Lipinski definition) is 3. The van der Waals surface area contributed by atoms with Crippen LogP contribution in [0, 0.1) is 0 Å². The second kappa shape index (κ2) is 8.25. The molecule has 25 heavy (non-hydrogen) atoms. The molecular formula is C18H21N5O2. The molecule has 3 N–H and O–H groups in total. The topological polar surface area (TPSA) is 91.9 Å². The van der Waals surface area contributed by atoms with Crippen LogP contribution in [0.5, 0.6) is 0 Å². The van der Waals surface area contributed by atoms with Crippen LogP contribution in [-0.2, 0) is 11.2 Å². The third-order valence-corrected chi connectivity index (χ3v) is 3.86. The lowest BCUT2D eigenvalue weighted by Gasteiger charge is -2.06. The van der Waals surface area contributed by atoms with E-state index in [1.165, 1.54) is 23.3 Å². The Labute approximate surface area is 145 Å². The van der Waals surface area contributed by atoms with Crippen molar-refractivity contribution in [2.24, 2.45) is 0 Å². The number of para-hydroxylation sites is 1. The summed E-state index contributed by atoms with van der Waals surface area (Å²) in [5.74, 6) is 0.302. The number of anilines is 1. The maximum atomic E-state index is 12.2. The number of hydrogen-bond acceptors (Lipinski definition) is 5. The molecule has 0 aliphatic heterocycles. The van der Waals surface area contributed by atoms with Gasteiger partial charge >= 0.3 is 0 Å². The van der Waals surface area contributed by atoms with E-state index in [4.69, 9.17) is 4.74 Å². The highest BCUT2D eigenvalue weighted by Crippen LogP contribution is 2.17. The molecule has 7 nitrogen and oxygen atoms in total. The minimum Gasteiger partial charge on any atom is -0.383 e. The summed E-state index contributed by atoms with van der Waals surface area (Å²) < 4.78 is 4.94. The van der Waals surface area contributed by atoms with Gasteiger partial charge in [0.25, 0.3) is 5.91 Å². The fourth-order valence-electron chi connectivity index (χ4n) is 2.55. The average Bonchev–Trinajstić information content (AvgIpc) is 3.06. The molecule has 0 saturated carbocycles. The largest absolute Gasteiger partial charge is 0.383 e. The summed E-state index contributed by atoms with van der Waals surface area (Å²) in [6, 6.07) is 8.12. The van der Waals surface area contributed by atoms with Gasteiger partial charge in [0, 0.05) is 49.7 Å². The van der Waals surface area contributed by atoms with Crippen LogP contribution in [0.15, 0.2) is 42.9 Å². The first kappa shape index (κ1) is 16.9. The molecule has 1 aromatic carbocycles. The summed E-state index contributed by atoms with van der Waals surface area (Å²) in [5, 5.41) is 7.10. The number of aromatic amines is 1. The number of fused-ring (bicyclic) bond motifs is 1. The van der Waals surface area contributed by atoms with Crippen LogP contribution in [0.1, 0.15) is 15.9 Å². The molecule has 3 aromatic rings. The van der Waals surface area contributed by atoms with Gasteiger partial charge in [0.1, 0.15) is 0 Å². The fourth-order valence-corrected chi connectivity index (χ4v) is 2.55. The smallest absolute Gasteiger partial charge is 0.254 e. The molecule has 130 valence electrons. The predicted octanol–water partition coefficient (Wildman–Crippen LogP) is 1.99. The molecule has 0 aliphatic carbocycles. The summed E-state index contributed by atoms with van der Waals surface area (Å²) in [6.07, 6.45) is 5.78. The van der Waals surface area contributed by atoms with Crippen molar-refractivity contribution in [1.29, 1.82) is 0 Å². The summed E-state index contributed by atoms with van der Waals surface area (Å²) in [4.78, 5) is 23.7. The van der Waals surface area contributed by atoms with Gasteiger partial charge < -0.3 is 20.4 Å². The predicted molar refractivity (Wildman–Crippen MR) is 96.7 cm³/mol. The quantitative estimate of drug-likeness (QED) is 0.546. The zero-order valence-corrected chi connectivity index (χ0v) is 14.1. The maximum absolute atomic E-state index is 12.2. The van der Waals surface area contributed by atoms with Crippen LogP contribution in [-0.4, -0.2) is 47.7 Å². The molecule has 0 radical (unpaired) electrons. The molecule has 7 heteroatoms. The van der Waals surface area contributed by atoms with E-state index >= 15 is 0 Å². The van der Waals surface area contributed by atoms with E-state index in [-0.39, 0.29) is 5.91 Å². The Balaban J connectivity index is 1.50. The number of methoxy groups -OCH3 is 1. The normalized spacial score (nSPS) is 10.8. The van der Waals surface area contributed by atoms with Crippen molar-refractivity contribution < 1.29 is 9.53 Å². The van der Waals surface area contributed by atoms with Crippen LogP contribution in [0.4, 0.5) is 5.95 Å². The Hall–Kier alpha value is -2.93. The Morgan fingerprint density at radius 3 is 2.80 bits per heavy atom. The van der Waals surface area contributed by atoms with Gasteiger partial charge in [-0.1, -0.05) is 18.2 Å². The lowest BCUT2D eigenvalue weighted by Crippen LogP contribution is -2.26. The van der Waals surface area contributed by atoms with Crippen LogP contribution in [0.25, 0.3) is 10.9 Å². The first-order chi connectivity index (χ1) is 12.3. The number of ether oxygens (including phenoxy) is 1. The monoisotopic (exact) mass is 339 g/mol. The molecule has 0 saturated heterocycles. The summed E-state index contributed by atoms with van der Waals surface area (Å²) in [5.41, 5.74) is 2.73. The summed E-state index contributed by atoms with van der Waals surface area (Å²) in [6.45, 7) is 1.74. The Bertz CT molecular complexity index is 829. The van der Waals surface area contributed by atoms with Crippen LogP contribution < -0.4 is 10.6 Å². The van der Waals surface area contributed by atoms with Gasteiger partial charge in [-0.25, -0.2) is 9.97 Å². The zero-order chi connectivity index (χ0) is 17.5. The van der Waals surface area contributed by atoms with E-state index in [0.29, 0.717) is 31.2 Å². The average molecular weight is 339 g/mol. The molecule has 0 fully saturated rings. The standard InChI is InChI=1S/C18H21N5O2/c1-25-9-8-20-18-22-11-14(12-23-18)17(24)19-7-6-13-10-21-16-5-3-2-4-15(13)16/h2-5,10-12,21H,6-9H2,1H3,(H,19,24)(H,20,22,23). The van der Waals surface area contributed by atoms with E-state index in [1.54, 1.807) is 7.11 Å². The SMILES string of the molecule is COCCNc1ncc(C(=O)NCCc2c[nH]c3ccccc23)cn1. The van der Waals surface area contributed by atoms with Gasteiger partial charge in [0.05, 0.1) is 12.2 Å². The highest BCUT2D eigenvalue weighted by Gasteiger charge is 2.08. The Kier molecular flexibility index (Phi) is 5.58. The minimum absolute atomic E-state index is 0.178. The summed E-state index contributed by atoms with van der Waals surface area (Å²) in [7, 11) is 1.63. The molecule has 2 aromatic heterocycles. The van der Waals surface area contributed by atoms with Crippen molar-refractivity contribution in [2.45, 2.75) is 6.42 Å². The number of benzene rings is 1. The molecule has 1 amide bonds. The molecular weight excluding hydrogens is 318 g/mol. The van der Waals surface area contributed by atoms with Crippen molar-refractivity contribution >= 4 is 22.8 Å². The number of aromatic nitrogens is 3. The number of H-pyrrole nitrogens is 1. The first-order valence-electron chi connectivity index (χ1n) is 8.16. The van der Waals surface area contributed by atoms with Gasteiger partial charge in [0.2, 0.25) is 5.95 Å². The van der Waals surface area contributed by atoms with Crippen molar-refractivity contribution in [3.05, 3.63) is 54.0 Å². The Morgan fingerprint density at radius 2 is 2.00 bits per heavy atom. The second-order valence-electron chi connectivity index (χ2n) is 5.58. The zero-order valence-electron chi connectivity index (χ0n) is 14.1. The number of nitrogens with one attached hydrogen (secondary N) is 3.